The fraction of sp³-hybridized carbons (Fsp3) is 0.319. The summed E-state index contributed by atoms with van der Waals surface area (Å²) in [6.45, 7) is 1.77. The van der Waals surface area contributed by atoms with Crippen molar-refractivity contribution in [3.8, 4) is 23.3 Å². The predicted molar refractivity (Wildman–Crippen MR) is 262 cm³/mol. The molecule has 6 heterocycles. The van der Waals surface area contributed by atoms with E-state index in [1.807, 2.05) is 12.1 Å². The summed E-state index contributed by atoms with van der Waals surface area (Å²) in [6.07, 6.45) is 5.26. The molecule has 1 unspecified atom stereocenters. The van der Waals surface area contributed by atoms with Crippen LogP contribution in [0.2, 0.25) is 0 Å². The van der Waals surface area contributed by atoms with Gasteiger partial charge in [-0.3, -0.25) is 42.4 Å². The fourth-order valence-corrected chi connectivity index (χ4v) is 8.90. The molecule has 3 N–H and O–H groups in total. The highest BCUT2D eigenvalue weighted by atomic mass is 31.2. The fourth-order valence-electron chi connectivity index (χ4n) is 8.29. The zero-order valence-corrected chi connectivity index (χ0v) is 42.5. The molecule has 0 aliphatic carbocycles. The first-order chi connectivity index (χ1) is 35.3. The molecule has 4 aromatic heterocycles. The number of methoxy groups -OCH3 is 4. The number of hydrogen-bond donors (Lipinski definition) is 3. The van der Waals surface area contributed by atoms with Crippen molar-refractivity contribution >= 4 is 72.4 Å². The number of phosphoric ester groups is 1. The van der Waals surface area contributed by atoms with Crippen molar-refractivity contribution in [3.05, 3.63) is 108 Å². The van der Waals surface area contributed by atoms with Crippen molar-refractivity contribution in [2.75, 3.05) is 87.5 Å². The van der Waals surface area contributed by atoms with E-state index in [-0.39, 0.29) is 120 Å². The summed E-state index contributed by atoms with van der Waals surface area (Å²) >= 11 is 0. The zero-order chi connectivity index (χ0) is 53.5. The molecular weight excluding hydrogens is 1010 g/mol. The van der Waals surface area contributed by atoms with Crippen molar-refractivity contribution in [1.29, 1.82) is 0 Å². The molecule has 0 saturated carbocycles. The second kappa shape index (κ2) is 23.1. The molecule has 1 atom stereocenters. The number of piperazine rings is 2. The summed E-state index contributed by atoms with van der Waals surface area (Å²) in [4.78, 5) is 121. The Balaban J connectivity index is 0.000000216. The summed E-state index contributed by atoms with van der Waals surface area (Å²) in [5.74, 6) is -2.98. The number of nitrogens with zero attached hydrogens (tertiary/aromatic N) is 8. The molecule has 2 fully saturated rings. The number of hydrogen-bond acceptors (Lipinski definition) is 16. The lowest BCUT2D eigenvalue weighted by Crippen LogP contribution is -2.52. The third-order valence-corrected chi connectivity index (χ3v) is 13.0. The van der Waals surface area contributed by atoms with Gasteiger partial charge < -0.3 is 62.4 Å². The van der Waals surface area contributed by atoms with Crippen LogP contribution in [0.4, 0.5) is 0 Å². The Morgan fingerprint density at radius 1 is 0.527 bits per heavy atom. The highest BCUT2D eigenvalue weighted by molar-refractivity contribution is 7.51. The second-order valence-electron chi connectivity index (χ2n) is 16.5. The largest absolute Gasteiger partial charge is 0.494 e. The standard InChI is InChI=1S/C24H27N4O8P.C23H25N4O9P/c1-34-18-13-25-22(35-2)20-19(18)17(14-28(20)15-36-37(3,32)33)21(29)24(31)27-11-9-26(10-12-27)23(30)16-7-5-4-6-8-16;1-34-17-12-24-21(35-2)19-18(17)16(13-27(19)14-36-37(31,32)33)20(28)23(30)26-10-8-25(9-11-26)22(29)15-6-4-3-5-7-15/h4-8,13-14H,9-12,15H2,1-3H3,(H,32,33);3-7,12-13H,8-11,14H2,1-2H3,(H2,31,32,33). The average molecular weight is 1060 g/mol. The molecule has 74 heavy (non-hydrogen) atoms. The van der Waals surface area contributed by atoms with Crippen LogP contribution in [0.5, 0.6) is 23.3 Å². The van der Waals surface area contributed by atoms with E-state index < -0.39 is 52.3 Å². The summed E-state index contributed by atoms with van der Waals surface area (Å²) in [7, 11) is -3.24. The first-order valence-corrected chi connectivity index (χ1v) is 26.0. The van der Waals surface area contributed by atoms with Crippen LogP contribution in [0.3, 0.4) is 0 Å². The Kier molecular flexibility index (Phi) is 17.0. The third kappa shape index (κ3) is 12.1. The Labute approximate surface area is 422 Å². The Hall–Kier alpha value is -7.50. The Bertz CT molecular complexity index is 2970. The van der Waals surface area contributed by atoms with Gasteiger partial charge in [-0.15, -0.1) is 0 Å². The molecule has 27 heteroatoms. The van der Waals surface area contributed by atoms with Crippen LogP contribution in [-0.2, 0) is 41.2 Å². The van der Waals surface area contributed by atoms with Crippen molar-refractivity contribution in [3.63, 3.8) is 0 Å². The third-order valence-electron chi connectivity index (χ3n) is 11.9. The van der Waals surface area contributed by atoms with Crippen LogP contribution in [0.15, 0.2) is 85.5 Å². The number of carbonyl (C=O) groups is 6. The van der Waals surface area contributed by atoms with Gasteiger partial charge in [-0.25, -0.2) is 14.5 Å². The lowest BCUT2D eigenvalue weighted by atomic mass is 10.1. The van der Waals surface area contributed by atoms with Crippen molar-refractivity contribution < 1.29 is 80.6 Å². The minimum Gasteiger partial charge on any atom is -0.494 e. The molecule has 6 aromatic rings. The van der Waals surface area contributed by atoms with Gasteiger partial charge in [-0.1, -0.05) is 36.4 Å². The number of rotatable bonds is 16. The maximum Gasteiger partial charge on any atom is 0.471 e. The first-order valence-electron chi connectivity index (χ1n) is 22.5. The molecule has 2 saturated heterocycles. The van der Waals surface area contributed by atoms with Gasteiger partial charge in [0, 0.05) is 82.5 Å². The van der Waals surface area contributed by atoms with Gasteiger partial charge >= 0.3 is 15.4 Å². The number of aromatic nitrogens is 4. The van der Waals surface area contributed by atoms with Gasteiger partial charge in [0.25, 0.3) is 35.2 Å². The van der Waals surface area contributed by atoms with Gasteiger partial charge in [0.05, 0.1) is 62.7 Å². The SMILES string of the molecule is COc1cnc(OC)c2c1c(C(=O)C(=O)N1CCN(C(=O)c3ccccc3)CC1)cn2COP(=O)(O)O.COc1cnc(OC)c2c1c(C(=O)C(=O)N1CCN(C(=O)c3ccccc3)CC1)cn2COP(C)(=O)O. The lowest BCUT2D eigenvalue weighted by molar-refractivity contribution is -0.128. The molecule has 392 valence electrons. The topological polar surface area (TPSA) is 301 Å². The van der Waals surface area contributed by atoms with Gasteiger partial charge in [0.2, 0.25) is 11.8 Å². The molecule has 2 aliphatic heterocycles. The molecule has 2 aromatic carbocycles. The number of benzene rings is 2. The number of carbonyl (C=O) groups excluding carboxylic acids is 6. The maximum absolute atomic E-state index is 13.4. The monoisotopic (exact) mass is 1060 g/mol. The molecule has 2 aliphatic rings. The van der Waals surface area contributed by atoms with Gasteiger partial charge in [-0.05, 0) is 24.3 Å². The number of pyridine rings is 2. The van der Waals surface area contributed by atoms with Crippen molar-refractivity contribution in [2.45, 2.75) is 13.5 Å². The number of ether oxygens (including phenoxy) is 4. The molecule has 25 nitrogen and oxygen atoms in total. The summed E-state index contributed by atoms with van der Waals surface area (Å²) < 4.78 is 56.5. The van der Waals surface area contributed by atoms with E-state index in [1.54, 1.807) is 58.3 Å². The molecular formula is C47H52N8O17P2. The average Bonchev–Trinajstić information content (AvgIpc) is 4.00. The quantitative estimate of drug-likeness (QED) is 0.0711. The summed E-state index contributed by atoms with van der Waals surface area (Å²) in [5, 5.41) is 0.443. The molecule has 0 spiro atoms. The number of Topliss-reactive ketones (excluding diaryl/α,β-unsaturated/α-hetero) is 2. The Morgan fingerprint density at radius 2 is 0.878 bits per heavy atom. The lowest BCUT2D eigenvalue weighted by Gasteiger charge is -2.34. The molecule has 8 rings (SSSR count). The van der Waals surface area contributed by atoms with Crippen molar-refractivity contribution in [2.24, 2.45) is 0 Å². The second-order valence-corrected chi connectivity index (χ2v) is 19.6. The van der Waals surface area contributed by atoms with E-state index in [4.69, 9.17) is 33.3 Å². The van der Waals surface area contributed by atoms with Crippen molar-refractivity contribution in [1.82, 2.24) is 38.7 Å². The minimum absolute atomic E-state index is 0.00724. The van der Waals surface area contributed by atoms with E-state index in [2.05, 4.69) is 14.5 Å². The Morgan fingerprint density at radius 3 is 1.20 bits per heavy atom. The smallest absolute Gasteiger partial charge is 0.471 e. The van der Waals surface area contributed by atoms with Crippen LogP contribution < -0.4 is 18.9 Å². The van der Waals surface area contributed by atoms with Gasteiger partial charge in [0.15, 0.2) is 0 Å². The van der Waals surface area contributed by atoms with E-state index in [9.17, 15) is 42.8 Å². The number of ketones is 2. The number of fused-ring (bicyclic) bond motifs is 2. The highest BCUT2D eigenvalue weighted by Crippen LogP contribution is 2.41. The van der Waals surface area contributed by atoms with Gasteiger partial charge in [-0.2, -0.15) is 0 Å². The summed E-state index contributed by atoms with van der Waals surface area (Å²) in [5.41, 5.74) is 1.46. The predicted octanol–water partition coefficient (Wildman–Crippen LogP) is 3.30. The van der Waals surface area contributed by atoms with Crippen LogP contribution in [0, 0.1) is 0 Å². The highest BCUT2D eigenvalue weighted by Gasteiger charge is 2.35. The maximum atomic E-state index is 13.4. The van der Waals surface area contributed by atoms with Crippen LogP contribution in [-0.4, -0.2) is 176 Å². The molecule has 4 amide bonds. The van der Waals surface area contributed by atoms with Crippen LogP contribution in [0.1, 0.15) is 41.4 Å². The van der Waals surface area contributed by atoms with E-state index in [0.29, 0.717) is 11.1 Å². The zero-order valence-electron chi connectivity index (χ0n) is 40.7. The minimum atomic E-state index is -4.85. The van der Waals surface area contributed by atoms with E-state index >= 15 is 0 Å². The first kappa shape index (κ1) is 54.3. The van der Waals surface area contributed by atoms with E-state index in [1.165, 1.54) is 72.2 Å². The van der Waals surface area contributed by atoms with Gasteiger partial charge in [0.1, 0.15) is 36.0 Å². The van der Waals surface area contributed by atoms with Crippen LogP contribution in [0.25, 0.3) is 21.8 Å². The molecule has 0 bridgehead atoms. The van der Waals surface area contributed by atoms with Crippen LogP contribution >= 0.6 is 15.4 Å². The number of phosphoric acid groups is 1. The summed E-state index contributed by atoms with van der Waals surface area (Å²) in [6, 6.07) is 17.6. The normalized spacial score (nSPS) is 14.7. The number of amides is 4. The molecule has 0 radical (unpaired) electrons. The van der Waals surface area contributed by atoms with E-state index in [0.717, 1.165) is 6.66 Å².